The fourth-order valence-electron chi connectivity index (χ4n) is 6.27. The van der Waals surface area contributed by atoms with Crippen LogP contribution in [0.3, 0.4) is 0 Å². The Morgan fingerprint density at radius 1 is 0.905 bits per heavy atom. The van der Waals surface area contributed by atoms with Crippen molar-refractivity contribution in [1.82, 2.24) is 14.7 Å². The van der Waals surface area contributed by atoms with Gasteiger partial charge >= 0.3 is 12.4 Å². The topological polar surface area (TPSA) is 43.9 Å². The molecule has 2 atom stereocenters. The molecule has 2 heterocycles. The lowest BCUT2D eigenvalue weighted by atomic mass is 9.77. The van der Waals surface area contributed by atoms with E-state index in [2.05, 4.69) is 4.90 Å². The molecule has 12 heteroatoms. The molecule has 0 saturated carbocycles. The van der Waals surface area contributed by atoms with Crippen LogP contribution < -0.4 is 0 Å². The van der Waals surface area contributed by atoms with Gasteiger partial charge in [0, 0.05) is 58.0 Å². The highest BCUT2D eigenvalue weighted by atomic mass is 19.4. The molecule has 2 amide bonds. The van der Waals surface area contributed by atoms with Gasteiger partial charge in [-0.1, -0.05) is 6.07 Å². The maximum Gasteiger partial charge on any atom is 0.416 e. The maximum atomic E-state index is 14.0. The minimum Gasteiger partial charge on any atom is -0.343 e. The summed E-state index contributed by atoms with van der Waals surface area (Å²) in [5, 5.41) is 0. The highest BCUT2D eigenvalue weighted by molar-refractivity contribution is 5.80. The Morgan fingerprint density at radius 3 is 2.02 bits per heavy atom. The molecule has 2 aliphatic rings. The third-order valence-corrected chi connectivity index (χ3v) is 8.46. The van der Waals surface area contributed by atoms with Crippen molar-refractivity contribution >= 4 is 11.8 Å². The number of piperidine rings is 2. The first-order valence-electron chi connectivity index (χ1n) is 13.8. The van der Waals surface area contributed by atoms with Crippen LogP contribution >= 0.6 is 0 Å². The van der Waals surface area contributed by atoms with Gasteiger partial charge in [-0.25, -0.2) is 4.39 Å². The van der Waals surface area contributed by atoms with E-state index in [0.29, 0.717) is 50.3 Å². The molecule has 0 bridgehead atoms. The van der Waals surface area contributed by atoms with E-state index in [0.717, 1.165) is 18.4 Å². The zero-order valence-electron chi connectivity index (χ0n) is 23.7. The summed E-state index contributed by atoms with van der Waals surface area (Å²) in [6, 6.07) is 5.86. The molecule has 2 aromatic carbocycles. The fraction of sp³-hybridized carbons (Fsp3) is 0.533. The summed E-state index contributed by atoms with van der Waals surface area (Å²) < 4.78 is 94.2. The largest absolute Gasteiger partial charge is 0.416 e. The smallest absolute Gasteiger partial charge is 0.343 e. The monoisotopic (exact) mass is 601 g/mol. The Balaban J connectivity index is 1.58. The van der Waals surface area contributed by atoms with Crippen molar-refractivity contribution < 1.29 is 40.3 Å². The molecule has 0 radical (unpaired) electrons. The minimum atomic E-state index is -4.99. The van der Waals surface area contributed by atoms with Crippen LogP contribution in [0.2, 0.25) is 0 Å². The lowest BCUT2D eigenvalue weighted by Gasteiger charge is -2.45. The van der Waals surface area contributed by atoms with Crippen molar-refractivity contribution in [1.29, 1.82) is 0 Å². The van der Waals surface area contributed by atoms with E-state index in [4.69, 9.17) is 0 Å². The molecule has 0 N–H and O–H groups in total. The third kappa shape index (κ3) is 7.25. The standard InChI is InChI=1S/C30H34F7N3O2/c1-18-12-23(31)4-5-25(18)27-17-40(24-6-9-39(10-7-24)19(2)41)11-8-26(27)28(42)38(3)16-20-13-21(29(32,33)34)15-22(14-20)30(35,36)37/h4-5,12-15,24,26-27H,6-11,16-17H2,1-3H3. The van der Waals surface area contributed by atoms with Gasteiger partial charge in [-0.3, -0.25) is 14.5 Å². The van der Waals surface area contributed by atoms with Crippen molar-refractivity contribution in [2.45, 2.75) is 64.0 Å². The molecule has 230 valence electrons. The number of hydrogen-bond donors (Lipinski definition) is 0. The van der Waals surface area contributed by atoms with Crippen molar-refractivity contribution in [3.05, 3.63) is 70.0 Å². The van der Waals surface area contributed by atoms with Crippen LogP contribution in [0.25, 0.3) is 0 Å². The van der Waals surface area contributed by atoms with Crippen molar-refractivity contribution in [2.24, 2.45) is 5.92 Å². The number of carbonyl (C=O) groups is 2. The summed E-state index contributed by atoms with van der Waals surface area (Å²) in [4.78, 5) is 30.8. The van der Waals surface area contributed by atoms with E-state index < -0.39 is 47.7 Å². The molecule has 0 aliphatic carbocycles. The van der Waals surface area contributed by atoms with E-state index in [-0.39, 0.29) is 29.5 Å². The summed E-state index contributed by atoms with van der Waals surface area (Å²) in [7, 11) is 1.37. The van der Waals surface area contributed by atoms with Crippen LogP contribution in [-0.2, 0) is 28.5 Å². The Morgan fingerprint density at radius 2 is 1.50 bits per heavy atom. The molecule has 42 heavy (non-hydrogen) atoms. The Hall–Kier alpha value is -3.15. The Bertz CT molecular complexity index is 1270. The maximum absolute atomic E-state index is 14.0. The van der Waals surface area contributed by atoms with Gasteiger partial charge in [-0.15, -0.1) is 0 Å². The molecular formula is C30H34F7N3O2. The quantitative estimate of drug-likeness (QED) is 0.381. The number of aryl methyl sites for hydroxylation is 1. The molecular weight excluding hydrogens is 567 g/mol. The number of benzene rings is 2. The van der Waals surface area contributed by atoms with Gasteiger partial charge in [-0.2, -0.15) is 26.3 Å². The number of likely N-dealkylation sites (tertiary alicyclic amines) is 2. The summed E-state index contributed by atoms with van der Waals surface area (Å²) in [5.41, 5.74) is -1.72. The van der Waals surface area contributed by atoms with Crippen LogP contribution in [0.5, 0.6) is 0 Å². The highest BCUT2D eigenvalue weighted by Crippen LogP contribution is 2.39. The second-order valence-corrected chi connectivity index (χ2v) is 11.3. The van der Waals surface area contributed by atoms with Crippen molar-refractivity contribution in [3.63, 3.8) is 0 Å². The van der Waals surface area contributed by atoms with E-state index in [1.165, 1.54) is 31.0 Å². The average Bonchev–Trinajstić information content (AvgIpc) is 2.91. The van der Waals surface area contributed by atoms with Gasteiger partial charge < -0.3 is 9.80 Å². The van der Waals surface area contributed by atoms with Crippen LogP contribution in [0, 0.1) is 18.7 Å². The number of amides is 2. The Labute approximate surface area is 240 Å². The first-order chi connectivity index (χ1) is 19.5. The molecule has 0 aromatic heterocycles. The zero-order valence-corrected chi connectivity index (χ0v) is 23.7. The van der Waals surface area contributed by atoms with Crippen LogP contribution in [-0.4, -0.2) is 65.8 Å². The molecule has 2 saturated heterocycles. The van der Waals surface area contributed by atoms with Gasteiger partial charge in [0.2, 0.25) is 11.8 Å². The second-order valence-electron chi connectivity index (χ2n) is 11.3. The average molecular weight is 602 g/mol. The number of halogens is 7. The summed E-state index contributed by atoms with van der Waals surface area (Å²) in [5.74, 6) is -1.79. The van der Waals surface area contributed by atoms with Crippen molar-refractivity contribution in [2.75, 3.05) is 33.2 Å². The van der Waals surface area contributed by atoms with Gasteiger partial charge in [0.1, 0.15) is 5.82 Å². The number of carbonyl (C=O) groups excluding carboxylic acids is 2. The summed E-state index contributed by atoms with van der Waals surface area (Å²) >= 11 is 0. The summed E-state index contributed by atoms with van der Waals surface area (Å²) in [6.07, 6.45) is -8.03. The number of hydrogen-bond acceptors (Lipinski definition) is 3. The summed E-state index contributed by atoms with van der Waals surface area (Å²) in [6.45, 7) is 5.12. The Kier molecular flexibility index (Phi) is 9.25. The van der Waals surface area contributed by atoms with E-state index >= 15 is 0 Å². The molecule has 0 spiro atoms. The second kappa shape index (κ2) is 12.2. The predicted octanol–water partition coefficient (Wildman–Crippen LogP) is 6.25. The van der Waals surface area contributed by atoms with Gasteiger partial charge in [0.15, 0.2) is 0 Å². The third-order valence-electron chi connectivity index (χ3n) is 8.46. The lowest BCUT2D eigenvalue weighted by Crippen LogP contribution is -2.52. The van der Waals surface area contributed by atoms with Crippen LogP contribution in [0.15, 0.2) is 36.4 Å². The molecule has 5 nitrogen and oxygen atoms in total. The molecule has 4 rings (SSSR count). The minimum absolute atomic E-state index is 0.0173. The van der Waals surface area contributed by atoms with Crippen LogP contribution in [0.1, 0.15) is 59.9 Å². The number of rotatable bonds is 5. The first-order valence-corrected chi connectivity index (χ1v) is 13.8. The van der Waals surface area contributed by atoms with Gasteiger partial charge in [0.05, 0.1) is 11.1 Å². The fourth-order valence-corrected chi connectivity index (χ4v) is 6.27. The normalized spacial score (nSPS) is 21.0. The van der Waals surface area contributed by atoms with Crippen LogP contribution in [0.4, 0.5) is 30.7 Å². The molecule has 2 unspecified atom stereocenters. The first kappa shape index (κ1) is 31.8. The highest BCUT2D eigenvalue weighted by Gasteiger charge is 2.41. The molecule has 2 aliphatic heterocycles. The number of nitrogens with zero attached hydrogens (tertiary/aromatic N) is 3. The lowest BCUT2D eigenvalue weighted by molar-refractivity contribution is -0.143. The zero-order chi connectivity index (χ0) is 31.0. The van der Waals surface area contributed by atoms with Gasteiger partial charge in [-0.05, 0) is 79.8 Å². The molecule has 2 fully saturated rings. The van der Waals surface area contributed by atoms with Gasteiger partial charge in [0.25, 0.3) is 0 Å². The predicted molar refractivity (Wildman–Crippen MR) is 142 cm³/mol. The SMILES string of the molecule is CC(=O)N1CCC(N2CCC(C(=O)N(C)Cc3cc(C(F)(F)F)cc(C(F)(F)F)c3)C(c3ccc(F)cc3C)C2)CC1. The van der Waals surface area contributed by atoms with E-state index in [1.807, 2.05) is 0 Å². The number of alkyl halides is 6. The van der Waals surface area contributed by atoms with Crippen molar-refractivity contribution in [3.8, 4) is 0 Å². The molecule has 2 aromatic rings. The van der Waals surface area contributed by atoms with E-state index in [9.17, 15) is 40.3 Å². The van der Waals surface area contributed by atoms with E-state index in [1.54, 1.807) is 17.9 Å².